The number of fused-ring (bicyclic) bond motifs is 1. The molecule has 0 fully saturated rings. The maximum atomic E-state index is 13.9. The fourth-order valence-electron chi connectivity index (χ4n) is 3.97. The summed E-state index contributed by atoms with van der Waals surface area (Å²) in [6, 6.07) is 9.60. The van der Waals surface area contributed by atoms with Crippen molar-refractivity contribution in [2.75, 3.05) is 6.54 Å². The maximum Gasteiger partial charge on any atom is 0.261 e. The Morgan fingerprint density at radius 3 is 2.47 bits per heavy atom. The third-order valence-electron chi connectivity index (χ3n) is 5.76. The van der Waals surface area contributed by atoms with Crippen LogP contribution in [0.25, 0.3) is 15.9 Å². The third-order valence-corrected chi connectivity index (χ3v) is 7.15. The number of hydrogen-bond donors (Lipinski definition) is 2. The van der Waals surface area contributed by atoms with E-state index in [0.29, 0.717) is 55.5 Å². The van der Waals surface area contributed by atoms with E-state index >= 15 is 0 Å². The second-order valence-corrected chi connectivity index (χ2v) is 10.5. The van der Waals surface area contributed by atoms with E-state index in [-0.39, 0.29) is 22.2 Å². The van der Waals surface area contributed by atoms with Gasteiger partial charge in [-0.1, -0.05) is 17.7 Å². The summed E-state index contributed by atoms with van der Waals surface area (Å²) in [6.45, 7) is 9.08. The van der Waals surface area contributed by atoms with Crippen LogP contribution in [0.3, 0.4) is 0 Å². The van der Waals surface area contributed by atoms with Crippen molar-refractivity contribution in [2.24, 2.45) is 0 Å². The Morgan fingerprint density at radius 1 is 1.19 bits per heavy atom. The number of aliphatic hydroxyl groups is 1. The van der Waals surface area contributed by atoms with Gasteiger partial charge >= 0.3 is 0 Å². The molecule has 0 spiro atoms. The molecular weight excluding hydrogens is 503 g/mol. The van der Waals surface area contributed by atoms with Crippen molar-refractivity contribution in [3.05, 3.63) is 85.2 Å². The van der Waals surface area contributed by atoms with E-state index in [1.165, 1.54) is 18.3 Å². The number of benzene rings is 2. The zero-order chi connectivity index (χ0) is 26.4. The molecule has 2 aromatic heterocycles. The van der Waals surface area contributed by atoms with Gasteiger partial charge in [0.05, 0.1) is 21.7 Å². The zero-order valence-corrected chi connectivity index (χ0v) is 22.1. The first-order valence-corrected chi connectivity index (χ1v) is 12.5. The highest BCUT2D eigenvalue weighted by atomic mass is 35.5. The second kappa shape index (κ2) is 9.69. The number of pyridine rings is 1. The average molecular weight is 529 g/mol. The van der Waals surface area contributed by atoms with Gasteiger partial charge in [0.25, 0.3) is 5.91 Å². The molecule has 2 heterocycles. The first-order valence-electron chi connectivity index (χ1n) is 11.4. The van der Waals surface area contributed by atoms with Crippen molar-refractivity contribution in [1.29, 1.82) is 0 Å². The Hall–Kier alpha value is -3.20. The van der Waals surface area contributed by atoms with Crippen LogP contribution in [0.5, 0.6) is 11.5 Å². The smallest absolute Gasteiger partial charge is 0.261 e. The van der Waals surface area contributed by atoms with Gasteiger partial charge in [-0.2, -0.15) is 0 Å². The van der Waals surface area contributed by atoms with Gasteiger partial charge in [-0.05, 0) is 81.6 Å². The SMILES string of the molecule is CCNC(=O)c1cc2c(s1)c(=O)c(Cl)cn2-c1cc(C(C)(C)O)ccc1Oc1c(C)cc(F)cc1C. The van der Waals surface area contributed by atoms with Gasteiger partial charge in [0.2, 0.25) is 5.43 Å². The lowest BCUT2D eigenvalue weighted by Crippen LogP contribution is -2.21. The highest BCUT2D eigenvalue weighted by Crippen LogP contribution is 2.38. The van der Waals surface area contributed by atoms with Crippen LogP contribution in [0.1, 0.15) is 47.1 Å². The number of nitrogens with one attached hydrogen (secondary N) is 1. The van der Waals surface area contributed by atoms with Gasteiger partial charge in [0.1, 0.15) is 21.3 Å². The Bertz CT molecular complexity index is 1530. The summed E-state index contributed by atoms with van der Waals surface area (Å²) in [4.78, 5) is 25.7. The van der Waals surface area contributed by atoms with Gasteiger partial charge in [-0.15, -0.1) is 11.3 Å². The number of carbonyl (C=O) groups is 1. The first-order chi connectivity index (χ1) is 16.9. The molecule has 0 saturated carbocycles. The van der Waals surface area contributed by atoms with E-state index in [9.17, 15) is 19.1 Å². The number of carbonyl (C=O) groups excluding carboxylic acids is 1. The lowest BCUT2D eigenvalue weighted by Gasteiger charge is -2.22. The van der Waals surface area contributed by atoms with E-state index in [4.69, 9.17) is 16.3 Å². The average Bonchev–Trinajstić information content (AvgIpc) is 3.24. The summed E-state index contributed by atoms with van der Waals surface area (Å²) in [5, 5.41) is 13.4. The van der Waals surface area contributed by atoms with Crippen LogP contribution in [-0.2, 0) is 5.60 Å². The monoisotopic (exact) mass is 528 g/mol. The molecule has 0 saturated heterocycles. The summed E-state index contributed by atoms with van der Waals surface area (Å²) in [5.41, 5.74) is 1.24. The van der Waals surface area contributed by atoms with Gasteiger partial charge in [0, 0.05) is 12.7 Å². The fraction of sp³-hybridized carbons (Fsp3) is 0.259. The van der Waals surface area contributed by atoms with Gasteiger partial charge in [-0.3, -0.25) is 9.59 Å². The molecule has 0 aliphatic carbocycles. The molecule has 1 amide bonds. The number of hydrogen-bond acceptors (Lipinski definition) is 5. The number of rotatable bonds is 6. The van der Waals surface area contributed by atoms with Crippen LogP contribution in [0.2, 0.25) is 5.02 Å². The molecule has 2 aromatic carbocycles. The standard InChI is InChI=1S/C27H26ClFN2O4S/c1-6-30-26(33)22-12-20-25(36-22)23(32)18(28)13-31(20)19-11-16(27(4,5)34)7-8-21(19)35-24-14(2)9-17(29)10-15(24)3/h7-13,34H,6H2,1-5H3,(H,30,33). The van der Waals surface area contributed by atoms with E-state index in [0.717, 1.165) is 11.3 Å². The van der Waals surface area contributed by atoms with Gasteiger partial charge in [0.15, 0.2) is 5.75 Å². The predicted molar refractivity (Wildman–Crippen MR) is 142 cm³/mol. The summed E-state index contributed by atoms with van der Waals surface area (Å²) in [6.07, 6.45) is 1.47. The highest BCUT2D eigenvalue weighted by Gasteiger charge is 2.23. The molecule has 36 heavy (non-hydrogen) atoms. The Labute approximate surface area is 216 Å². The van der Waals surface area contributed by atoms with E-state index in [2.05, 4.69) is 5.32 Å². The normalized spacial score (nSPS) is 11.7. The summed E-state index contributed by atoms with van der Waals surface area (Å²) in [7, 11) is 0. The van der Waals surface area contributed by atoms with Crippen molar-refractivity contribution in [3.63, 3.8) is 0 Å². The minimum Gasteiger partial charge on any atom is -0.455 e. The van der Waals surface area contributed by atoms with Crippen molar-refractivity contribution >= 4 is 39.1 Å². The van der Waals surface area contributed by atoms with Crippen LogP contribution >= 0.6 is 22.9 Å². The highest BCUT2D eigenvalue weighted by molar-refractivity contribution is 7.20. The minimum absolute atomic E-state index is 0.0273. The van der Waals surface area contributed by atoms with E-state index in [1.807, 2.05) is 6.92 Å². The number of aromatic nitrogens is 1. The Morgan fingerprint density at radius 2 is 1.86 bits per heavy atom. The van der Waals surface area contributed by atoms with Crippen LogP contribution in [0.4, 0.5) is 4.39 Å². The fourth-order valence-corrected chi connectivity index (χ4v) is 5.24. The molecule has 0 aliphatic rings. The molecule has 0 aliphatic heterocycles. The molecule has 6 nitrogen and oxygen atoms in total. The summed E-state index contributed by atoms with van der Waals surface area (Å²) in [5.74, 6) is 0.234. The lowest BCUT2D eigenvalue weighted by molar-refractivity contribution is 0.0785. The Kier molecular flexibility index (Phi) is 6.96. The molecule has 0 bridgehead atoms. The number of thiophene rings is 1. The number of amides is 1. The summed E-state index contributed by atoms with van der Waals surface area (Å²) < 4.78 is 22.2. The third kappa shape index (κ3) is 4.89. The van der Waals surface area contributed by atoms with Crippen LogP contribution in [-0.4, -0.2) is 22.1 Å². The van der Waals surface area contributed by atoms with Crippen molar-refractivity contribution in [1.82, 2.24) is 9.88 Å². The van der Waals surface area contributed by atoms with Crippen molar-refractivity contribution < 1.29 is 19.0 Å². The number of nitrogens with zero attached hydrogens (tertiary/aromatic N) is 1. The molecular formula is C27H26ClFN2O4S. The molecule has 0 radical (unpaired) electrons. The van der Waals surface area contributed by atoms with Crippen LogP contribution < -0.4 is 15.5 Å². The maximum absolute atomic E-state index is 13.9. The van der Waals surface area contributed by atoms with Crippen molar-refractivity contribution in [3.8, 4) is 17.2 Å². The number of halogens is 2. The van der Waals surface area contributed by atoms with Crippen molar-refractivity contribution in [2.45, 2.75) is 40.2 Å². The number of aryl methyl sites for hydroxylation is 2. The first kappa shape index (κ1) is 25.9. The molecule has 9 heteroatoms. The van der Waals surface area contributed by atoms with E-state index < -0.39 is 5.60 Å². The Balaban J connectivity index is 2.00. The van der Waals surface area contributed by atoms with Crippen LogP contribution in [0.15, 0.2) is 47.4 Å². The van der Waals surface area contributed by atoms with Crippen LogP contribution in [0, 0.1) is 19.7 Å². The summed E-state index contributed by atoms with van der Waals surface area (Å²) >= 11 is 7.40. The molecule has 0 unspecified atom stereocenters. The minimum atomic E-state index is -1.17. The molecule has 4 aromatic rings. The molecule has 0 atom stereocenters. The predicted octanol–water partition coefficient (Wildman–Crippen LogP) is 6.23. The lowest BCUT2D eigenvalue weighted by atomic mass is 9.97. The zero-order valence-electron chi connectivity index (χ0n) is 20.5. The molecule has 2 N–H and O–H groups in total. The van der Waals surface area contributed by atoms with Gasteiger partial charge < -0.3 is 19.7 Å². The molecule has 4 rings (SSSR count). The topological polar surface area (TPSA) is 80.6 Å². The second-order valence-electron chi connectivity index (χ2n) is 9.07. The quantitative estimate of drug-likeness (QED) is 0.311. The molecule has 188 valence electrons. The number of ether oxygens (including phenoxy) is 1. The van der Waals surface area contributed by atoms with E-state index in [1.54, 1.807) is 56.5 Å². The van der Waals surface area contributed by atoms with Gasteiger partial charge in [-0.25, -0.2) is 4.39 Å². The largest absolute Gasteiger partial charge is 0.455 e.